The number of nitrogens with one attached hydrogen (secondary N) is 1. The van der Waals surface area contributed by atoms with Gasteiger partial charge in [0.05, 0.1) is 30.3 Å². The number of carbonyl (C=O) groups is 2. The molecule has 2 fully saturated rings. The summed E-state index contributed by atoms with van der Waals surface area (Å²) in [6.45, 7) is 6.42. The quantitative estimate of drug-likeness (QED) is 0.591. The molecule has 9 nitrogen and oxygen atoms in total. The number of likely N-dealkylation sites (N-methyl/N-ethyl adjacent to an activating group) is 1. The Balaban J connectivity index is 1.33. The number of carbonyl (C=O) groups excluding carboxylic acids is 2. The number of fused-ring (bicyclic) bond motifs is 1. The number of hydrogen-bond acceptors (Lipinski definition) is 7. The van der Waals surface area contributed by atoms with E-state index in [9.17, 15) is 14.9 Å². The molecule has 2 aromatic rings. The van der Waals surface area contributed by atoms with Gasteiger partial charge in [0.1, 0.15) is 11.8 Å². The molecule has 2 amide bonds. The molecule has 0 aliphatic carbocycles. The van der Waals surface area contributed by atoms with Crippen LogP contribution in [0.5, 0.6) is 5.75 Å². The second-order valence-electron chi connectivity index (χ2n) is 8.94. The first kappa shape index (κ1) is 23.9. The van der Waals surface area contributed by atoms with Gasteiger partial charge >= 0.3 is 0 Å². The average Bonchev–Trinajstić information content (AvgIpc) is 3.35. The van der Waals surface area contributed by atoms with Gasteiger partial charge < -0.3 is 24.8 Å². The van der Waals surface area contributed by atoms with Gasteiger partial charge in [-0.2, -0.15) is 5.26 Å². The lowest BCUT2D eigenvalue weighted by Crippen LogP contribution is -2.44. The van der Waals surface area contributed by atoms with Crippen molar-refractivity contribution < 1.29 is 14.3 Å². The van der Waals surface area contributed by atoms with E-state index in [-0.39, 0.29) is 18.4 Å². The molecule has 1 atom stereocenters. The minimum absolute atomic E-state index is 0.136. The summed E-state index contributed by atoms with van der Waals surface area (Å²) in [4.78, 5) is 36.0. The van der Waals surface area contributed by atoms with Gasteiger partial charge in [0.15, 0.2) is 0 Å². The van der Waals surface area contributed by atoms with Crippen LogP contribution in [0.4, 0.5) is 0 Å². The van der Waals surface area contributed by atoms with Gasteiger partial charge in [0.25, 0.3) is 5.91 Å². The third-order valence-electron chi connectivity index (χ3n) is 6.56. The Bertz CT molecular complexity index is 1060. The SMILES string of the molecule is CN1CCN(CCCOc2ccc3nccc(C(=O)NCC(=O)N4CCC[C@H]4C#N)c3c2)CC1. The molecule has 2 aliphatic heterocycles. The molecule has 4 rings (SSSR count). The Morgan fingerprint density at radius 1 is 1.21 bits per heavy atom. The van der Waals surface area contributed by atoms with Gasteiger partial charge in [-0.15, -0.1) is 0 Å². The highest BCUT2D eigenvalue weighted by atomic mass is 16.5. The van der Waals surface area contributed by atoms with Crippen molar-refractivity contribution in [3.05, 3.63) is 36.0 Å². The highest BCUT2D eigenvalue weighted by Crippen LogP contribution is 2.23. The summed E-state index contributed by atoms with van der Waals surface area (Å²) in [5.74, 6) is 0.110. The molecule has 2 aliphatic rings. The first-order chi connectivity index (χ1) is 16.5. The smallest absolute Gasteiger partial charge is 0.252 e. The number of nitriles is 1. The standard InChI is InChI=1S/C25H32N6O3/c1-29-11-13-30(14-12-29)9-3-15-34-20-5-6-23-22(16-20)21(7-8-27-23)25(33)28-18-24(32)31-10-2-4-19(31)17-26/h5-8,16,19H,2-4,9-15,18H2,1H3,(H,28,33)/t19-/m0/s1. The highest BCUT2D eigenvalue weighted by Gasteiger charge is 2.28. The zero-order chi connectivity index (χ0) is 23.9. The van der Waals surface area contributed by atoms with E-state index in [2.05, 4.69) is 33.2 Å². The van der Waals surface area contributed by atoms with Crippen LogP contribution in [0, 0.1) is 11.3 Å². The molecule has 0 radical (unpaired) electrons. The molecule has 3 heterocycles. The van der Waals surface area contributed by atoms with Gasteiger partial charge in [-0.1, -0.05) is 0 Å². The summed E-state index contributed by atoms with van der Waals surface area (Å²) in [6.07, 6.45) is 4.01. The van der Waals surface area contributed by atoms with Gasteiger partial charge in [0.2, 0.25) is 5.91 Å². The molecular formula is C25H32N6O3. The Labute approximate surface area is 200 Å². The fraction of sp³-hybridized carbons (Fsp3) is 0.520. The topological polar surface area (TPSA) is 102 Å². The molecule has 1 N–H and O–H groups in total. The largest absolute Gasteiger partial charge is 0.494 e. The Morgan fingerprint density at radius 3 is 2.82 bits per heavy atom. The van der Waals surface area contributed by atoms with Crippen LogP contribution in [-0.2, 0) is 4.79 Å². The first-order valence-corrected chi connectivity index (χ1v) is 11.9. The minimum atomic E-state index is -0.401. The number of aromatic nitrogens is 1. The molecule has 34 heavy (non-hydrogen) atoms. The number of pyridine rings is 1. The first-order valence-electron chi connectivity index (χ1n) is 11.9. The maximum Gasteiger partial charge on any atom is 0.252 e. The molecule has 1 aromatic heterocycles. The van der Waals surface area contributed by atoms with Crippen LogP contribution in [-0.4, -0.2) is 97.0 Å². The lowest BCUT2D eigenvalue weighted by Gasteiger charge is -2.32. The van der Waals surface area contributed by atoms with Crippen molar-refractivity contribution in [3.8, 4) is 11.8 Å². The van der Waals surface area contributed by atoms with Crippen molar-refractivity contribution in [1.29, 1.82) is 5.26 Å². The summed E-state index contributed by atoms with van der Waals surface area (Å²) >= 11 is 0. The zero-order valence-corrected chi connectivity index (χ0v) is 19.7. The molecule has 0 saturated carbocycles. The van der Waals surface area contributed by atoms with Crippen molar-refractivity contribution in [3.63, 3.8) is 0 Å². The third-order valence-corrected chi connectivity index (χ3v) is 6.56. The molecule has 9 heteroatoms. The highest BCUT2D eigenvalue weighted by molar-refractivity contribution is 6.07. The van der Waals surface area contributed by atoms with Crippen molar-refractivity contribution in [1.82, 2.24) is 25.0 Å². The van der Waals surface area contributed by atoms with Gasteiger partial charge in [0, 0.05) is 50.9 Å². The minimum Gasteiger partial charge on any atom is -0.494 e. The lowest BCUT2D eigenvalue weighted by molar-refractivity contribution is -0.130. The van der Waals surface area contributed by atoms with E-state index in [1.54, 1.807) is 17.2 Å². The average molecular weight is 465 g/mol. The van der Waals surface area contributed by atoms with Crippen molar-refractivity contribution in [2.75, 3.05) is 59.5 Å². The van der Waals surface area contributed by atoms with Gasteiger partial charge in [-0.25, -0.2) is 0 Å². The number of amides is 2. The summed E-state index contributed by atoms with van der Waals surface area (Å²) < 4.78 is 5.96. The number of piperazine rings is 1. The normalized spacial score (nSPS) is 19.2. The van der Waals surface area contributed by atoms with E-state index >= 15 is 0 Å². The van der Waals surface area contributed by atoms with E-state index in [4.69, 9.17) is 4.74 Å². The predicted molar refractivity (Wildman–Crippen MR) is 128 cm³/mol. The zero-order valence-electron chi connectivity index (χ0n) is 19.7. The van der Waals surface area contributed by atoms with Crippen LogP contribution in [0.3, 0.4) is 0 Å². The fourth-order valence-corrected chi connectivity index (χ4v) is 4.51. The molecule has 1 aromatic carbocycles. The second kappa shape index (κ2) is 11.3. The monoisotopic (exact) mass is 464 g/mol. The van der Waals surface area contributed by atoms with Crippen LogP contribution < -0.4 is 10.1 Å². The number of likely N-dealkylation sites (tertiary alicyclic amines) is 1. The fourth-order valence-electron chi connectivity index (χ4n) is 4.51. The Morgan fingerprint density at radius 2 is 2.03 bits per heavy atom. The van der Waals surface area contributed by atoms with E-state index in [1.807, 2.05) is 18.2 Å². The molecule has 2 saturated heterocycles. The van der Waals surface area contributed by atoms with E-state index in [0.29, 0.717) is 41.8 Å². The van der Waals surface area contributed by atoms with Crippen LogP contribution >= 0.6 is 0 Å². The van der Waals surface area contributed by atoms with E-state index < -0.39 is 6.04 Å². The van der Waals surface area contributed by atoms with Crippen molar-refractivity contribution >= 4 is 22.7 Å². The predicted octanol–water partition coefficient (Wildman–Crippen LogP) is 1.50. The molecular weight excluding hydrogens is 432 g/mol. The van der Waals surface area contributed by atoms with E-state index in [1.165, 1.54) is 0 Å². The van der Waals surface area contributed by atoms with Crippen molar-refractivity contribution in [2.24, 2.45) is 0 Å². The molecule has 0 spiro atoms. The summed E-state index contributed by atoms with van der Waals surface area (Å²) in [7, 11) is 2.15. The summed E-state index contributed by atoms with van der Waals surface area (Å²) in [6, 6.07) is 8.94. The van der Waals surface area contributed by atoms with Crippen LogP contribution in [0.1, 0.15) is 29.6 Å². The molecule has 0 unspecified atom stereocenters. The second-order valence-corrected chi connectivity index (χ2v) is 8.94. The van der Waals surface area contributed by atoms with Crippen molar-refractivity contribution in [2.45, 2.75) is 25.3 Å². The molecule has 180 valence electrons. The maximum atomic E-state index is 12.9. The number of hydrogen-bond donors (Lipinski definition) is 1. The third kappa shape index (κ3) is 5.82. The number of nitrogens with zero attached hydrogens (tertiary/aromatic N) is 5. The maximum absolute atomic E-state index is 12.9. The summed E-state index contributed by atoms with van der Waals surface area (Å²) in [5.41, 5.74) is 1.13. The number of benzene rings is 1. The van der Waals surface area contributed by atoms with Crippen LogP contribution in [0.2, 0.25) is 0 Å². The molecule has 0 bridgehead atoms. The summed E-state index contributed by atoms with van der Waals surface area (Å²) in [5, 5.41) is 12.6. The van der Waals surface area contributed by atoms with Crippen LogP contribution in [0.15, 0.2) is 30.5 Å². The van der Waals surface area contributed by atoms with Gasteiger partial charge in [-0.05, 0) is 50.6 Å². The lowest BCUT2D eigenvalue weighted by atomic mass is 10.1. The number of rotatable bonds is 8. The Kier molecular flexibility index (Phi) is 7.93. The van der Waals surface area contributed by atoms with Crippen LogP contribution in [0.25, 0.3) is 10.9 Å². The number of ether oxygens (including phenoxy) is 1. The van der Waals surface area contributed by atoms with Gasteiger partial charge in [-0.3, -0.25) is 14.6 Å². The van der Waals surface area contributed by atoms with E-state index in [0.717, 1.165) is 45.6 Å². The Hall–Kier alpha value is -3.22.